The number of hydrogen-bond acceptors (Lipinski definition) is 4. The summed E-state index contributed by atoms with van der Waals surface area (Å²) in [5.74, 6) is -1.05. The third kappa shape index (κ3) is 5.47. The molecule has 0 aliphatic heterocycles. The van der Waals surface area contributed by atoms with Crippen molar-refractivity contribution in [2.24, 2.45) is 4.99 Å². The van der Waals surface area contributed by atoms with E-state index in [1.54, 1.807) is 6.08 Å². The normalized spacial score (nSPS) is 16.0. The minimum Gasteiger partial charge on any atom is -0.490 e. The summed E-state index contributed by atoms with van der Waals surface area (Å²) in [6.07, 6.45) is 5.67. The lowest BCUT2D eigenvalue weighted by Crippen LogP contribution is -2.17. The van der Waals surface area contributed by atoms with Crippen LogP contribution in [0.1, 0.15) is 19.4 Å². The van der Waals surface area contributed by atoms with Gasteiger partial charge in [-0.25, -0.2) is 17.2 Å². The van der Waals surface area contributed by atoms with Crippen molar-refractivity contribution in [3.63, 3.8) is 0 Å². The van der Waals surface area contributed by atoms with Gasteiger partial charge in [0.1, 0.15) is 29.7 Å². The number of hydrogen-bond donors (Lipinski definition) is 0. The van der Waals surface area contributed by atoms with Crippen molar-refractivity contribution in [1.29, 1.82) is 0 Å². The Morgan fingerprint density at radius 2 is 1.96 bits per heavy atom. The van der Waals surface area contributed by atoms with Crippen molar-refractivity contribution in [2.75, 3.05) is 18.6 Å². The SMILES string of the molecule is C=C/N=C1/C(OCCS(C)(=O)=O)=CC(c2cc(F)ccc2F)=CC1=C(C)C. The van der Waals surface area contributed by atoms with E-state index in [0.717, 1.165) is 30.0 Å². The summed E-state index contributed by atoms with van der Waals surface area (Å²) in [5, 5.41) is 0. The van der Waals surface area contributed by atoms with Gasteiger partial charge in [-0.1, -0.05) is 12.2 Å². The van der Waals surface area contributed by atoms with E-state index in [4.69, 9.17) is 4.74 Å². The van der Waals surface area contributed by atoms with Gasteiger partial charge in [-0.15, -0.1) is 0 Å². The number of halogens is 2. The first-order chi connectivity index (χ1) is 12.6. The Labute approximate surface area is 158 Å². The van der Waals surface area contributed by atoms with Crippen molar-refractivity contribution >= 4 is 21.1 Å². The molecule has 1 aliphatic rings. The molecule has 1 aromatic carbocycles. The Balaban J connectivity index is 2.55. The lowest BCUT2D eigenvalue weighted by Gasteiger charge is -2.21. The molecule has 0 amide bonds. The van der Waals surface area contributed by atoms with E-state index in [1.165, 1.54) is 12.3 Å². The van der Waals surface area contributed by atoms with Crippen LogP contribution < -0.4 is 0 Å². The maximum absolute atomic E-state index is 14.2. The molecule has 2 rings (SSSR count). The van der Waals surface area contributed by atoms with Crippen molar-refractivity contribution in [3.05, 3.63) is 77.2 Å². The number of ether oxygens (including phenoxy) is 1. The molecule has 0 saturated carbocycles. The molecule has 0 spiro atoms. The molecule has 0 fully saturated rings. The Morgan fingerprint density at radius 3 is 2.56 bits per heavy atom. The molecule has 0 heterocycles. The van der Waals surface area contributed by atoms with Gasteiger partial charge >= 0.3 is 0 Å². The molecule has 0 aromatic heterocycles. The fourth-order valence-electron chi connectivity index (χ4n) is 2.50. The number of nitrogens with zero attached hydrogens (tertiary/aromatic N) is 1. The molecule has 0 unspecified atom stereocenters. The molecule has 7 heteroatoms. The van der Waals surface area contributed by atoms with Crippen LogP contribution in [0, 0.1) is 11.6 Å². The Morgan fingerprint density at radius 1 is 1.26 bits per heavy atom. The van der Waals surface area contributed by atoms with Gasteiger partial charge in [0.2, 0.25) is 0 Å². The van der Waals surface area contributed by atoms with Crippen LogP contribution in [0.2, 0.25) is 0 Å². The standard InChI is InChI=1S/C20H21F2NO3S/c1-5-23-20-16(13(2)3)10-14(17-12-15(21)6-7-18(17)22)11-19(20)26-8-9-27(4,24)25/h5-7,10-12H,1,8-9H2,2-4H3/b23-20+. The first-order valence-electron chi connectivity index (χ1n) is 8.18. The summed E-state index contributed by atoms with van der Waals surface area (Å²) in [4.78, 5) is 4.22. The largest absolute Gasteiger partial charge is 0.490 e. The smallest absolute Gasteiger partial charge is 0.150 e. The lowest BCUT2D eigenvalue weighted by molar-refractivity contribution is 0.251. The molecule has 27 heavy (non-hydrogen) atoms. The van der Waals surface area contributed by atoms with Gasteiger partial charge < -0.3 is 4.74 Å². The maximum Gasteiger partial charge on any atom is 0.150 e. The third-order valence-corrected chi connectivity index (χ3v) is 4.69. The van der Waals surface area contributed by atoms with Crippen molar-refractivity contribution in [3.8, 4) is 0 Å². The second-order valence-electron chi connectivity index (χ2n) is 6.28. The zero-order chi connectivity index (χ0) is 20.2. The molecule has 0 radical (unpaired) electrons. The number of rotatable bonds is 6. The average molecular weight is 393 g/mol. The van der Waals surface area contributed by atoms with Crippen molar-refractivity contribution < 1.29 is 21.9 Å². The average Bonchev–Trinajstić information content (AvgIpc) is 2.57. The summed E-state index contributed by atoms with van der Waals surface area (Å²) in [6, 6.07) is 3.20. The predicted molar refractivity (Wildman–Crippen MR) is 104 cm³/mol. The highest BCUT2D eigenvalue weighted by molar-refractivity contribution is 7.90. The van der Waals surface area contributed by atoms with Gasteiger partial charge in [0, 0.05) is 23.6 Å². The minimum absolute atomic E-state index is 0.0793. The van der Waals surface area contributed by atoms with Gasteiger partial charge in [0.05, 0.1) is 5.75 Å². The fourth-order valence-corrected chi connectivity index (χ4v) is 2.89. The quantitative estimate of drug-likeness (QED) is 0.727. The Bertz CT molecular complexity index is 982. The van der Waals surface area contributed by atoms with Crippen LogP contribution in [0.4, 0.5) is 8.78 Å². The van der Waals surface area contributed by atoms with Gasteiger partial charge in [0.25, 0.3) is 0 Å². The van der Waals surface area contributed by atoms with Gasteiger partial charge in [-0.2, -0.15) is 0 Å². The molecule has 144 valence electrons. The number of benzene rings is 1. The number of aliphatic imine (C=N–C) groups is 1. The van der Waals surface area contributed by atoms with E-state index in [1.807, 2.05) is 13.8 Å². The van der Waals surface area contributed by atoms with Crippen LogP contribution in [0.3, 0.4) is 0 Å². The van der Waals surface area contributed by atoms with Crippen LogP contribution in [0.25, 0.3) is 5.57 Å². The van der Waals surface area contributed by atoms with Crippen LogP contribution >= 0.6 is 0 Å². The highest BCUT2D eigenvalue weighted by Crippen LogP contribution is 2.31. The topological polar surface area (TPSA) is 55.7 Å². The first kappa shape index (κ1) is 20.8. The van der Waals surface area contributed by atoms with Crippen molar-refractivity contribution in [2.45, 2.75) is 13.8 Å². The molecular formula is C20H21F2NO3S. The Hall–Kier alpha value is -2.54. The van der Waals surface area contributed by atoms with E-state index in [0.29, 0.717) is 16.9 Å². The molecule has 0 N–H and O–H groups in total. The summed E-state index contributed by atoms with van der Waals surface area (Å²) in [5.41, 5.74) is 2.49. The summed E-state index contributed by atoms with van der Waals surface area (Å²) in [6.45, 7) is 7.20. The summed E-state index contributed by atoms with van der Waals surface area (Å²) < 4.78 is 56.2. The van der Waals surface area contributed by atoms with E-state index in [9.17, 15) is 17.2 Å². The second kappa shape index (κ2) is 8.43. The van der Waals surface area contributed by atoms with Crippen LogP contribution in [0.5, 0.6) is 0 Å². The zero-order valence-corrected chi connectivity index (χ0v) is 16.2. The van der Waals surface area contributed by atoms with Gasteiger partial charge in [-0.3, -0.25) is 4.99 Å². The fraction of sp³-hybridized carbons (Fsp3) is 0.250. The van der Waals surface area contributed by atoms with Crippen LogP contribution in [-0.2, 0) is 14.6 Å². The van der Waals surface area contributed by atoms with Gasteiger partial charge in [0.15, 0.2) is 9.84 Å². The zero-order valence-electron chi connectivity index (χ0n) is 15.4. The van der Waals surface area contributed by atoms with Crippen LogP contribution in [0.15, 0.2) is 65.0 Å². The second-order valence-corrected chi connectivity index (χ2v) is 8.54. The molecule has 4 nitrogen and oxygen atoms in total. The van der Waals surface area contributed by atoms with Crippen LogP contribution in [-0.4, -0.2) is 32.7 Å². The highest BCUT2D eigenvalue weighted by Gasteiger charge is 2.22. The highest BCUT2D eigenvalue weighted by atomic mass is 32.2. The van der Waals surface area contributed by atoms with Gasteiger partial charge in [-0.05, 0) is 49.8 Å². The maximum atomic E-state index is 14.2. The minimum atomic E-state index is -3.21. The molecule has 0 saturated heterocycles. The van der Waals surface area contributed by atoms with E-state index in [-0.39, 0.29) is 23.7 Å². The molecular weight excluding hydrogens is 372 g/mol. The first-order valence-corrected chi connectivity index (χ1v) is 10.2. The van der Waals surface area contributed by atoms with E-state index >= 15 is 0 Å². The Kier molecular flexibility index (Phi) is 6.49. The molecule has 0 atom stereocenters. The molecule has 0 bridgehead atoms. The summed E-state index contributed by atoms with van der Waals surface area (Å²) >= 11 is 0. The predicted octanol–water partition coefficient (Wildman–Crippen LogP) is 4.23. The van der Waals surface area contributed by atoms with E-state index < -0.39 is 21.5 Å². The molecule has 1 aliphatic carbocycles. The van der Waals surface area contributed by atoms with Crippen molar-refractivity contribution in [1.82, 2.24) is 0 Å². The third-order valence-electron chi connectivity index (χ3n) is 3.79. The summed E-state index contributed by atoms with van der Waals surface area (Å²) in [7, 11) is -3.21. The number of allylic oxidation sites excluding steroid dienone is 5. The van der Waals surface area contributed by atoms with E-state index in [2.05, 4.69) is 11.6 Å². The molecule has 1 aromatic rings. The number of sulfone groups is 1. The monoisotopic (exact) mass is 393 g/mol. The lowest BCUT2D eigenvalue weighted by atomic mass is 9.91.